The van der Waals surface area contributed by atoms with Crippen LogP contribution >= 0.6 is 0 Å². The third-order valence-corrected chi connectivity index (χ3v) is 4.98. The van der Waals surface area contributed by atoms with Gasteiger partial charge in [-0.2, -0.15) is 0 Å². The van der Waals surface area contributed by atoms with Crippen LogP contribution < -0.4 is 10.2 Å². The number of benzene rings is 1. The van der Waals surface area contributed by atoms with Gasteiger partial charge < -0.3 is 10.2 Å². The minimum atomic E-state index is -0.000324. The lowest BCUT2D eigenvalue weighted by Gasteiger charge is -2.29. The van der Waals surface area contributed by atoms with Crippen molar-refractivity contribution in [2.75, 3.05) is 32.1 Å². The summed E-state index contributed by atoms with van der Waals surface area (Å²) in [5.41, 5.74) is 5.05. The molecule has 0 radical (unpaired) electrons. The maximum Gasteiger partial charge on any atom is 0.321 e. The lowest BCUT2D eigenvalue weighted by atomic mass is 9.88. The van der Waals surface area contributed by atoms with Gasteiger partial charge >= 0.3 is 6.03 Å². The minimum absolute atomic E-state index is 0.000324. The van der Waals surface area contributed by atoms with E-state index in [1.807, 2.05) is 7.05 Å². The number of fused-ring (bicyclic) bond motifs is 1. The SMILES string of the molecule is Cc1cc(C2CCCN(C)CC2)cc2c1CNC(=O)N2C. The fourth-order valence-electron chi connectivity index (χ4n) is 3.56. The van der Waals surface area contributed by atoms with Crippen molar-refractivity contribution in [1.82, 2.24) is 10.2 Å². The van der Waals surface area contributed by atoms with E-state index in [9.17, 15) is 4.79 Å². The molecule has 1 saturated heterocycles. The first kappa shape index (κ1) is 14.4. The van der Waals surface area contributed by atoms with Crippen molar-refractivity contribution >= 4 is 11.7 Å². The molecule has 21 heavy (non-hydrogen) atoms. The number of aryl methyl sites for hydroxylation is 1. The van der Waals surface area contributed by atoms with Crippen LogP contribution in [0.25, 0.3) is 0 Å². The predicted molar refractivity (Wildman–Crippen MR) is 85.9 cm³/mol. The Morgan fingerprint density at radius 2 is 2.00 bits per heavy atom. The van der Waals surface area contributed by atoms with E-state index in [1.54, 1.807) is 4.90 Å². The summed E-state index contributed by atoms with van der Waals surface area (Å²) >= 11 is 0. The van der Waals surface area contributed by atoms with Crippen LogP contribution in [0, 0.1) is 6.92 Å². The Balaban J connectivity index is 1.93. The first-order chi connectivity index (χ1) is 10.1. The van der Waals surface area contributed by atoms with Crippen LogP contribution in [-0.2, 0) is 6.54 Å². The van der Waals surface area contributed by atoms with E-state index in [1.165, 1.54) is 42.5 Å². The number of hydrogen-bond acceptors (Lipinski definition) is 2. The van der Waals surface area contributed by atoms with Crippen molar-refractivity contribution in [3.8, 4) is 0 Å². The number of nitrogens with zero attached hydrogens (tertiary/aromatic N) is 2. The third-order valence-electron chi connectivity index (χ3n) is 4.98. The molecule has 0 aromatic heterocycles. The summed E-state index contributed by atoms with van der Waals surface area (Å²) in [6.45, 7) is 5.17. The summed E-state index contributed by atoms with van der Waals surface area (Å²) in [5.74, 6) is 0.623. The molecule has 0 aliphatic carbocycles. The lowest BCUT2D eigenvalue weighted by molar-refractivity contribution is 0.246. The summed E-state index contributed by atoms with van der Waals surface area (Å²) in [7, 11) is 4.07. The van der Waals surface area contributed by atoms with Gasteiger partial charge in [0.15, 0.2) is 0 Å². The van der Waals surface area contributed by atoms with Crippen molar-refractivity contribution in [3.63, 3.8) is 0 Å². The second-order valence-electron chi connectivity index (χ2n) is 6.48. The molecule has 0 spiro atoms. The molecule has 114 valence electrons. The van der Waals surface area contributed by atoms with Gasteiger partial charge in [0.2, 0.25) is 0 Å². The number of urea groups is 1. The highest BCUT2D eigenvalue weighted by molar-refractivity contribution is 5.94. The Morgan fingerprint density at radius 3 is 2.81 bits per heavy atom. The zero-order valence-corrected chi connectivity index (χ0v) is 13.3. The van der Waals surface area contributed by atoms with E-state index < -0.39 is 0 Å². The highest BCUT2D eigenvalue weighted by Crippen LogP contribution is 2.34. The summed E-state index contributed by atoms with van der Waals surface area (Å²) < 4.78 is 0. The summed E-state index contributed by atoms with van der Waals surface area (Å²) in [4.78, 5) is 16.0. The van der Waals surface area contributed by atoms with E-state index >= 15 is 0 Å². The first-order valence-corrected chi connectivity index (χ1v) is 7.90. The number of amides is 2. The number of anilines is 1. The lowest BCUT2D eigenvalue weighted by Crippen LogP contribution is -2.42. The molecule has 2 amide bonds. The molecule has 1 aromatic carbocycles. The van der Waals surface area contributed by atoms with Crippen molar-refractivity contribution in [2.45, 2.75) is 38.6 Å². The second-order valence-corrected chi connectivity index (χ2v) is 6.48. The molecule has 4 nitrogen and oxygen atoms in total. The molecule has 2 heterocycles. The zero-order chi connectivity index (χ0) is 15.0. The fourth-order valence-corrected chi connectivity index (χ4v) is 3.56. The topological polar surface area (TPSA) is 35.6 Å². The fraction of sp³-hybridized carbons (Fsp3) is 0.588. The Labute approximate surface area is 127 Å². The number of likely N-dealkylation sites (tertiary alicyclic amines) is 1. The normalized spacial score (nSPS) is 23.5. The van der Waals surface area contributed by atoms with Crippen LogP contribution in [0.15, 0.2) is 12.1 Å². The van der Waals surface area contributed by atoms with Gasteiger partial charge in [0.1, 0.15) is 0 Å². The monoisotopic (exact) mass is 287 g/mol. The molecule has 3 rings (SSSR count). The quantitative estimate of drug-likeness (QED) is 0.862. The number of carbonyl (C=O) groups excluding carboxylic acids is 1. The van der Waals surface area contributed by atoms with E-state index in [4.69, 9.17) is 0 Å². The number of carbonyl (C=O) groups is 1. The highest BCUT2D eigenvalue weighted by atomic mass is 16.2. The molecule has 2 aliphatic rings. The van der Waals surface area contributed by atoms with Gasteiger partial charge in [0, 0.05) is 13.6 Å². The van der Waals surface area contributed by atoms with Crippen LogP contribution in [0.5, 0.6) is 0 Å². The number of rotatable bonds is 1. The van der Waals surface area contributed by atoms with E-state index in [2.05, 4.69) is 36.3 Å². The molecule has 1 fully saturated rings. The Kier molecular flexibility index (Phi) is 3.89. The molecule has 1 atom stereocenters. The van der Waals surface area contributed by atoms with Gasteiger partial charge in [-0.1, -0.05) is 6.07 Å². The Bertz CT molecular complexity index is 555. The zero-order valence-electron chi connectivity index (χ0n) is 13.3. The van der Waals surface area contributed by atoms with Gasteiger partial charge in [0.25, 0.3) is 0 Å². The summed E-state index contributed by atoms with van der Waals surface area (Å²) in [5, 5.41) is 2.92. The van der Waals surface area contributed by atoms with Crippen LogP contribution in [0.2, 0.25) is 0 Å². The van der Waals surface area contributed by atoms with E-state index in [0.717, 1.165) is 12.2 Å². The van der Waals surface area contributed by atoms with Crippen molar-refractivity contribution in [1.29, 1.82) is 0 Å². The molecule has 1 aromatic rings. The molecule has 1 unspecified atom stereocenters. The van der Waals surface area contributed by atoms with Gasteiger partial charge in [0.05, 0.1) is 5.69 Å². The van der Waals surface area contributed by atoms with Crippen molar-refractivity contribution in [3.05, 3.63) is 28.8 Å². The van der Waals surface area contributed by atoms with E-state index in [0.29, 0.717) is 12.5 Å². The molecular formula is C17H25N3O. The van der Waals surface area contributed by atoms with Crippen LogP contribution in [0.3, 0.4) is 0 Å². The summed E-state index contributed by atoms with van der Waals surface area (Å²) in [6, 6.07) is 4.58. The average molecular weight is 287 g/mol. The smallest absolute Gasteiger partial charge is 0.321 e. The van der Waals surface area contributed by atoms with Gasteiger partial charge in [-0.05, 0) is 75.0 Å². The number of nitrogens with one attached hydrogen (secondary N) is 1. The maximum atomic E-state index is 11.9. The van der Waals surface area contributed by atoms with Gasteiger partial charge in [-0.25, -0.2) is 4.79 Å². The standard InChI is InChI=1S/C17H25N3O/c1-12-9-14(13-5-4-7-19(2)8-6-13)10-16-15(12)11-18-17(21)20(16)3/h9-10,13H,4-8,11H2,1-3H3,(H,18,21). The van der Waals surface area contributed by atoms with Crippen molar-refractivity contribution < 1.29 is 4.79 Å². The molecule has 0 saturated carbocycles. The van der Waals surface area contributed by atoms with Crippen LogP contribution in [0.4, 0.5) is 10.5 Å². The molecule has 1 N–H and O–H groups in total. The van der Waals surface area contributed by atoms with Crippen LogP contribution in [0.1, 0.15) is 41.9 Å². The van der Waals surface area contributed by atoms with E-state index in [-0.39, 0.29) is 6.03 Å². The van der Waals surface area contributed by atoms with Crippen molar-refractivity contribution in [2.24, 2.45) is 0 Å². The second kappa shape index (κ2) is 5.68. The maximum absolute atomic E-state index is 11.9. The summed E-state index contributed by atoms with van der Waals surface area (Å²) in [6.07, 6.45) is 3.72. The molecular weight excluding hydrogens is 262 g/mol. The predicted octanol–water partition coefficient (Wildman–Crippen LogP) is 2.85. The Morgan fingerprint density at radius 1 is 1.19 bits per heavy atom. The average Bonchev–Trinajstić information content (AvgIpc) is 2.68. The highest BCUT2D eigenvalue weighted by Gasteiger charge is 2.24. The Hall–Kier alpha value is -1.55. The molecule has 2 aliphatic heterocycles. The van der Waals surface area contributed by atoms with Crippen LogP contribution in [-0.4, -0.2) is 38.1 Å². The number of hydrogen-bond donors (Lipinski definition) is 1. The first-order valence-electron chi connectivity index (χ1n) is 7.90. The molecule has 4 heteroatoms. The minimum Gasteiger partial charge on any atom is -0.334 e. The largest absolute Gasteiger partial charge is 0.334 e. The molecule has 0 bridgehead atoms. The third kappa shape index (κ3) is 2.77. The van der Waals surface area contributed by atoms with Gasteiger partial charge in [-0.3, -0.25) is 4.90 Å². The van der Waals surface area contributed by atoms with Gasteiger partial charge in [-0.15, -0.1) is 0 Å².